The van der Waals surface area contributed by atoms with Gasteiger partial charge in [0.25, 0.3) is 11.8 Å². The van der Waals surface area contributed by atoms with E-state index in [0.717, 1.165) is 0 Å². The van der Waals surface area contributed by atoms with Crippen molar-refractivity contribution in [3.63, 3.8) is 0 Å². The number of nitrogens with one attached hydrogen (secondary N) is 1. The number of aliphatic hydroxyl groups excluding tert-OH is 1. The van der Waals surface area contributed by atoms with Gasteiger partial charge < -0.3 is 25.0 Å². The average molecular weight is 460 g/mol. The van der Waals surface area contributed by atoms with E-state index in [9.17, 15) is 29.0 Å². The number of carbonyl (C=O) groups is 2. The number of rotatable bonds is 5. The first-order valence-electron chi connectivity index (χ1n) is 10.7. The Morgan fingerprint density at radius 3 is 2.33 bits per heavy atom. The second-order valence-corrected chi connectivity index (χ2v) is 10.2. The summed E-state index contributed by atoms with van der Waals surface area (Å²) in [6.45, 7) is 9.62. The quantitative estimate of drug-likeness (QED) is 0.636. The molecule has 0 bridgehead atoms. The highest BCUT2D eigenvalue weighted by atomic mass is 19.1. The molecule has 1 unspecified atom stereocenters. The fourth-order valence-corrected chi connectivity index (χ4v) is 4.63. The lowest BCUT2D eigenvalue weighted by atomic mass is 9.80. The minimum absolute atomic E-state index is 0.0391. The smallest absolute Gasteiger partial charge is 0.277 e. The lowest BCUT2D eigenvalue weighted by Crippen LogP contribution is -2.59. The lowest BCUT2D eigenvalue weighted by molar-refractivity contribution is -0.0639. The summed E-state index contributed by atoms with van der Waals surface area (Å²) < 4.78 is 14.3. The molecule has 1 aliphatic heterocycles. The van der Waals surface area contributed by atoms with Crippen LogP contribution in [0.5, 0.6) is 5.75 Å². The van der Waals surface area contributed by atoms with Gasteiger partial charge in [-0.25, -0.2) is 4.39 Å². The Bertz CT molecular complexity index is 1130. The van der Waals surface area contributed by atoms with E-state index in [1.807, 2.05) is 34.6 Å². The largest absolute Gasteiger partial charge is 0.503 e. The van der Waals surface area contributed by atoms with Crippen LogP contribution >= 0.6 is 0 Å². The van der Waals surface area contributed by atoms with Crippen LogP contribution in [0.1, 0.15) is 67.4 Å². The van der Waals surface area contributed by atoms with E-state index in [0.29, 0.717) is 12.0 Å². The number of aromatic nitrogens is 1. The molecule has 1 atom stereocenters. The van der Waals surface area contributed by atoms with Gasteiger partial charge >= 0.3 is 0 Å². The van der Waals surface area contributed by atoms with Crippen molar-refractivity contribution in [2.45, 2.75) is 65.9 Å². The van der Waals surface area contributed by atoms with Gasteiger partial charge in [0, 0.05) is 18.3 Å². The number of nitrogens with zero attached hydrogens (tertiary/aromatic N) is 2. The SMILES string of the molecule is CC(C)(C)CC(C)(C)N1C(=O)c2c(O)c(=O)c(C(=O)NCc3ccc(F)cc3)cn2CC1O. The molecule has 33 heavy (non-hydrogen) atoms. The Morgan fingerprint density at radius 2 is 1.76 bits per heavy atom. The van der Waals surface area contributed by atoms with E-state index in [-0.39, 0.29) is 29.8 Å². The predicted molar refractivity (Wildman–Crippen MR) is 120 cm³/mol. The molecular formula is C24H30FN3O5. The summed E-state index contributed by atoms with van der Waals surface area (Å²) in [4.78, 5) is 39.9. The van der Waals surface area contributed by atoms with Gasteiger partial charge in [-0.3, -0.25) is 14.4 Å². The Hall–Kier alpha value is -3.20. The number of halogens is 1. The van der Waals surface area contributed by atoms with Crippen LogP contribution in [0.25, 0.3) is 0 Å². The number of fused-ring (bicyclic) bond motifs is 1. The van der Waals surface area contributed by atoms with Crippen LogP contribution in [0.15, 0.2) is 35.3 Å². The zero-order chi connectivity index (χ0) is 24.7. The fraction of sp³-hybridized carbons (Fsp3) is 0.458. The average Bonchev–Trinajstić information content (AvgIpc) is 2.67. The number of aromatic hydroxyl groups is 1. The molecule has 8 nitrogen and oxygen atoms in total. The van der Waals surface area contributed by atoms with Crippen LogP contribution < -0.4 is 10.7 Å². The van der Waals surface area contributed by atoms with Crippen LogP contribution in [0.4, 0.5) is 4.39 Å². The summed E-state index contributed by atoms with van der Waals surface area (Å²) >= 11 is 0. The predicted octanol–water partition coefficient (Wildman–Crippen LogP) is 2.61. The molecule has 1 aliphatic rings. The maximum Gasteiger partial charge on any atom is 0.277 e. The van der Waals surface area contributed by atoms with Crippen molar-refractivity contribution >= 4 is 11.8 Å². The molecular weight excluding hydrogens is 429 g/mol. The minimum atomic E-state index is -1.21. The molecule has 2 amide bonds. The summed E-state index contributed by atoms with van der Waals surface area (Å²) in [7, 11) is 0. The number of carbonyl (C=O) groups excluding carboxylic acids is 2. The van der Waals surface area contributed by atoms with Crippen LogP contribution in [-0.4, -0.2) is 43.3 Å². The van der Waals surface area contributed by atoms with Gasteiger partial charge in [0.2, 0.25) is 5.43 Å². The van der Waals surface area contributed by atoms with E-state index in [4.69, 9.17) is 0 Å². The number of hydrogen-bond acceptors (Lipinski definition) is 5. The normalized spacial score (nSPS) is 16.5. The van der Waals surface area contributed by atoms with Gasteiger partial charge in [-0.2, -0.15) is 0 Å². The second-order valence-electron chi connectivity index (χ2n) is 10.2. The fourth-order valence-electron chi connectivity index (χ4n) is 4.63. The van der Waals surface area contributed by atoms with Crippen molar-refractivity contribution in [1.29, 1.82) is 0 Å². The number of amides is 2. The first kappa shape index (κ1) is 24.4. The van der Waals surface area contributed by atoms with Crippen LogP contribution in [-0.2, 0) is 13.1 Å². The molecule has 0 saturated heterocycles. The molecule has 0 aliphatic carbocycles. The zero-order valence-electron chi connectivity index (χ0n) is 19.5. The number of hydrogen-bond donors (Lipinski definition) is 3. The van der Waals surface area contributed by atoms with Gasteiger partial charge in [0.05, 0.1) is 6.54 Å². The summed E-state index contributed by atoms with van der Waals surface area (Å²) in [5.74, 6) is -2.69. The highest BCUT2D eigenvalue weighted by molar-refractivity contribution is 5.99. The van der Waals surface area contributed by atoms with Crippen molar-refractivity contribution in [2.75, 3.05) is 0 Å². The Morgan fingerprint density at radius 1 is 1.15 bits per heavy atom. The molecule has 2 aromatic rings. The van der Waals surface area contributed by atoms with Crippen LogP contribution in [0.3, 0.4) is 0 Å². The van der Waals surface area contributed by atoms with Crippen molar-refractivity contribution in [2.24, 2.45) is 5.41 Å². The molecule has 2 heterocycles. The highest BCUT2D eigenvalue weighted by Gasteiger charge is 2.44. The molecule has 178 valence electrons. The molecule has 0 fully saturated rings. The third-order valence-electron chi connectivity index (χ3n) is 5.56. The van der Waals surface area contributed by atoms with Gasteiger partial charge in [-0.05, 0) is 43.4 Å². The third kappa shape index (κ3) is 5.08. The molecule has 0 radical (unpaired) electrons. The highest BCUT2D eigenvalue weighted by Crippen LogP contribution is 2.36. The third-order valence-corrected chi connectivity index (χ3v) is 5.56. The number of aliphatic hydroxyl groups is 1. The van der Waals surface area contributed by atoms with Crippen molar-refractivity contribution < 1.29 is 24.2 Å². The van der Waals surface area contributed by atoms with Gasteiger partial charge in [0.15, 0.2) is 11.4 Å². The Balaban J connectivity index is 1.91. The standard InChI is InChI=1S/C24H30FN3O5/c1-23(2,3)13-24(4,5)28-17(29)12-27-11-16(19(30)20(31)18(27)22(28)33)21(32)26-10-14-6-8-15(25)9-7-14/h6-9,11,17,29,31H,10,12-13H2,1-5H3,(H,26,32). The molecule has 0 spiro atoms. The summed E-state index contributed by atoms with van der Waals surface area (Å²) in [5.41, 5.74) is -1.88. The van der Waals surface area contributed by atoms with Gasteiger partial charge in [-0.1, -0.05) is 32.9 Å². The van der Waals surface area contributed by atoms with Crippen molar-refractivity contribution in [3.05, 3.63) is 63.3 Å². The van der Waals surface area contributed by atoms with E-state index < -0.39 is 40.6 Å². The van der Waals surface area contributed by atoms with Crippen molar-refractivity contribution in [3.8, 4) is 5.75 Å². The van der Waals surface area contributed by atoms with Crippen molar-refractivity contribution in [1.82, 2.24) is 14.8 Å². The maximum atomic E-state index is 13.3. The second kappa shape index (κ2) is 8.62. The van der Waals surface area contributed by atoms with E-state index in [1.165, 1.54) is 39.9 Å². The minimum Gasteiger partial charge on any atom is -0.503 e. The molecule has 3 N–H and O–H groups in total. The first-order chi connectivity index (χ1) is 15.2. The van der Waals surface area contributed by atoms with Gasteiger partial charge in [-0.15, -0.1) is 0 Å². The summed E-state index contributed by atoms with van der Waals surface area (Å²) in [6.07, 6.45) is 0.531. The summed E-state index contributed by atoms with van der Waals surface area (Å²) in [5, 5.41) is 23.9. The number of pyridine rings is 1. The molecule has 3 rings (SSSR count). The topological polar surface area (TPSA) is 112 Å². The van der Waals surface area contributed by atoms with Gasteiger partial charge in [0.1, 0.15) is 17.6 Å². The zero-order valence-corrected chi connectivity index (χ0v) is 19.5. The lowest BCUT2D eigenvalue weighted by Gasteiger charge is -2.47. The molecule has 1 aromatic carbocycles. The van der Waals surface area contributed by atoms with Crippen LogP contribution in [0, 0.1) is 11.2 Å². The van der Waals surface area contributed by atoms with E-state index in [1.54, 1.807) is 0 Å². The number of benzene rings is 1. The molecule has 0 saturated carbocycles. The van der Waals surface area contributed by atoms with E-state index in [2.05, 4.69) is 5.32 Å². The molecule has 9 heteroatoms. The Labute approximate surface area is 191 Å². The monoisotopic (exact) mass is 459 g/mol. The Kier molecular flexibility index (Phi) is 6.39. The summed E-state index contributed by atoms with van der Waals surface area (Å²) in [6, 6.07) is 5.49. The first-order valence-corrected chi connectivity index (χ1v) is 10.7. The molecule has 1 aromatic heterocycles. The maximum absolute atomic E-state index is 13.3. The van der Waals surface area contributed by atoms with E-state index >= 15 is 0 Å². The van der Waals surface area contributed by atoms with Crippen LogP contribution in [0.2, 0.25) is 0 Å².